The van der Waals surface area contributed by atoms with Crippen LogP contribution in [0.5, 0.6) is 0 Å². The van der Waals surface area contributed by atoms with E-state index < -0.39 is 0 Å². The van der Waals surface area contributed by atoms with E-state index in [0.717, 1.165) is 39.1 Å². The molecule has 1 amide bonds. The number of ether oxygens (including phenoxy) is 2. The van der Waals surface area contributed by atoms with E-state index in [0.29, 0.717) is 13.0 Å². The molecule has 3 atom stereocenters. The van der Waals surface area contributed by atoms with Crippen molar-refractivity contribution < 1.29 is 14.3 Å². The molecule has 2 aliphatic heterocycles. The maximum absolute atomic E-state index is 12.3. The Kier molecular flexibility index (Phi) is 6.24. The molecule has 0 bridgehead atoms. The van der Waals surface area contributed by atoms with Crippen LogP contribution in [0.3, 0.4) is 0 Å². The summed E-state index contributed by atoms with van der Waals surface area (Å²) in [6.45, 7) is 6.15. The summed E-state index contributed by atoms with van der Waals surface area (Å²) < 4.78 is 11.4. The molecular weight excluding hydrogens is 304 g/mol. The van der Waals surface area contributed by atoms with E-state index >= 15 is 0 Å². The number of amides is 1. The van der Waals surface area contributed by atoms with Gasteiger partial charge < -0.3 is 14.8 Å². The van der Waals surface area contributed by atoms with Crippen molar-refractivity contribution in [3.8, 4) is 0 Å². The minimum Gasteiger partial charge on any atom is -0.376 e. The van der Waals surface area contributed by atoms with Crippen LogP contribution in [0.25, 0.3) is 0 Å². The molecule has 5 nitrogen and oxygen atoms in total. The maximum atomic E-state index is 12.3. The Hall–Kier alpha value is -1.43. The first kappa shape index (κ1) is 17.4. The minimum atomic E-state index is -0.0286. The van der Waals surface area contributed by atoms with Gasteiger partial charge in [-0.2, -0.15) is 0 Å². The second-order valence-corrected chi connectivity index (χ2v) is 6.83. The van der Waals surface area contributed by atoms with Gasteiger partial charge >= 0.3 is 0 Å². The first-order chi connectivity index (χ1) is 11.7. The lowest BCUT2D eigenvalue weighted by Gasteiger charge is -2.33. The number of nitrogens with one attached hydrogen (secondary N) is 1. The van der Waals surface area contributed by atoms with E-state index in [-0.39, 0.29) is 24.2 Å². The zero-order chi connectivity index (χ0) is 16.8. The summed E-state index contributed by atoms with van der Waals surface area (Å²) in [7, 11) is 0. The number of rotatable bonds is 6. The smallest absolute Gasteiger partial charge is 0.222 e. The molecule has 2 fully saturated rings. The molecule has 2 heterocycles. The van der Waals surface area contributed by atoms with Gasteiger partial charge in [-0.3, -0.25) is 9.69 Å². The molecule has 2 aliphatic rings. The van der Waals surface area contributed by atoms with Crippen LogP contribution in [0, 0.1) is 0 Å². The Labute approximate surface area is 144 Å². The van der Waals surface area contributed by atoms with E-state index in [1.54, 1.807) is 0 Å². The molecule has 0 aliphatic carbocycles. The molecule has 1 aromatic rings. The Balaban J connectivity index is 1.43. The van der Waals surface area contributed by atoms with Gasteiger partial charge in [-0.15, -0.1) is 0 Å². The fourth-order valence-corrected chi connectivity index (χ4v) is 3.50. The Morgan fingerprint density at radius 2 is 2.12 bits per heavy atom. The van der Waals surface area contributed by atoms with Crippen LogP contribution in [-0.4, -0.2) is 55.4 Å². The normalized spacial score (nSPS) is 26.2. The zero-order valence-corrected chi connectivity index (χ0v) is 14.4. The van der Waals surface area contributed by atoms with Crippen molar-refractivity contribution >= 4 is 5.91 Å². The van der Waals surface area contributed by atoms with Gasteiger partial charge in [0.25, 0.3) is 0 Å². The number of hydrogen-bond donors (Lipinski definition) is 1. The highest BCUT2D eigenvalue weighted by Crippen LogP contribution is 2.16. The van der Waals surface area contributed by atoms with Crippen molar-refractivity contribution in [2.24, 2.45) is 0 Å². The van der Waals surface area contributed by atoms with Crippen molar-refractivity contribution in [3.63, 3.8) is 0 Å². The third kappa shape index (κ3) is 5.03. The van der Waals surface area contributed by atoms with Crippen molar-refractivity contribution in [2.75, 3.05) is 26.3 Å². The van der Waals surface area contributed by atoms with Gasteiger partial charge in [0, 0.05) is 26.2 Å². The van der Waals surface area contributed by atoms with E-state index in [1.165, 1.54) is 5.56 Å². The predicted molar refractivity (Wildman–Crippen MR) is 92.7 cm³/mol. The largest absolute Gasteiger partial charge is 0.376 e. The van der Waals surface area contributed by atoms with Gasteiger partial charge in [0.2, 0.25) is 5.91 Å². The molecule has 5 heteroatoms. The molecule has 0 radical (unpaired) electrons. The Morgan fingerprint density at radius 3 is 2.88 bits per heavy atom. The number of benzene rings is 1. The van der Waals surface area contributed by atoms with Crippen molar-refractivity contribution in [1.82, 2.24) is 10.2 Å². The number of morpholine rings is 1. The molecule has 132 valence electrons. The van der Waals surface area contributed by atoms with Crippen LogP contribution in [0.1, 0.15) is 31.7 Å². The Morgan fingerprint density at radius 1 is 1.29 bits per heavy atom. The van der Waals surface area contributed by atoms with E-state index in [1.807, 2.05) is 13.0 Å². The van der Waals surface area contributed by atoms with Crippen LogP contribution in [0.4, 0.5) is 0 Å². The van der Waals surface area contributed by atoms with Gasteiger partial charge in [-0.25, -0.2) is 0 Å². The summed E-state index contributed by atoms with van der Waals surface area (Å²) in [6, 6.07) is 10.5. The third-order valence-corrected chi connectivity index (χ3v) is 4.80. The van der Waals surface area contributed by atoms with Crippen molar-refractivity contribution in [3.05, 3.63) is 35.9 Å². The van der Waals surface area contributed by atoms with Gasteiger partial charge in [0.1, 0.15) is 0 Å². The lowest BCUT2D eigenvalue weighted by atomic mass is 10.1. The highest BCUT2D eigenvalue weighted by atomic mass is 16.5. The molecule has 1 N–H and O–H groups in total. The van der Waals surface area contributed by atoms with Crippen LogP contribution in [0.15, 0.2) is 30.3 Å². The van der Waals surface area contributed by atoms with E-state index in [2.05, 4.69) is 34.5 Å². The number of hydrogen-bond acceptors (Lipinski definition) is 4. The second kappa shape index (κ2) is 8.60. The summed E-state index contributed by atoms with van der Waals surface area (Å²) in [5, 5.41) is 3.07. The summed E-state index contributed by atoms with van der Waals surface area (Å²) in [4.78, 5) is 14.6. The van der Waals surface area contributed by atoms with Crippen molar-refractivity contribution in [2.45, 2.75) is 51.0 Å². The molecule has 2 saturated heterocycles. The molecule has 0 saturated carbocycles. The molecule has 1 aromatic carbocycles. The summed E-state index contributed by atoms with van der Waals surface area (Å²) in [5.74, 6) is 0.0598. The monoisotopic (exact) mass is 332 g/mol. The Bertz CT molecular complexity index is 517. The molecule has 0 aromatic heterocycles. The standard InChI is InChI=1S/C19H28N2O3/c1-15(18-8-5-10-24-18)20-19(22)12-17-14-21(9-11-23-17)13-16-6-3-2-4-7-16/h2-4,6-7,15,17-18H,5,8-14H2,1H3,(H,20,22)/t15-,17+,18-/m0/s1. The van der Waals surface area contributed by atoms with Crippen molar-refractivity contribution in [1.29, 1.82) is 0 Å². The van der Waals surface area contributed by atoms with E-state index in [4.69, 9.17) is 9.47 Å². The molecule has 0 unspecified atom stereocenters. The fraction of sp³-hybridized carbons (Fsp3) is 0.632. The average Bonchev–Trinajstić information content (AvgIpc) is 3.10. The van der Waals surface area contributed by atoms with Crippen LogP contribution >= 0.6 is 0 Å². The molecule has 0 spiro atoms. The maximum Gasteiger partial charge on any atom is 0.222 e. The highest BCUT2D eigenvalue weighted by Gasteiger charge is 2.26. The van der Waals surface area contributed by atoms with E-state index in [9.17, 15) is 4.79 Å². The SMILES string of the molecule is C[C@H](NC(=O)C[C@@H]1CN(Cc2ccccc2)CCO1)[C@@H]1CCCO1. The summed E-state index contributed by atoms with van der Waals surface area (Å²) >= 11 is 0. The molecular formula is C19H28N2O3. The van der Waals surface area contributed by atoms with Crippen LogP contribution in [-0.2, 0) is 20.8 Å². The zero-order valence-electron chi connectivity index (χ0n) is 14.4. The topological polar surface area (TPSA) is 50.8 Å². The highest BCUT2D eigenvalue weighted by molar-refractivity contribution is 5.76. The first-order valence-corrected chi connectivity index (χ1v) is 8.99. The first-order valence-electron chi connectivity index (χ1n) is 8.99. The van der Waals surface area contributed by atoms with Gasteiger partial charge in [-0.05, 0) is 25.3 Å². The number of nitrogens with zero attached hydrogens (tertiary/aromatic N) is 1. The van der Waals surface area contributed by atoms with Gasteiger partial charge in [0.05, 0.1) is 31.3 Å². The van der Waals surface area contributed by atoms with Crippen LogP contribution < -0.4 is 5.32 Å². The summed E-state index contributed by atoms with van der Waals surface area (Å²) in [6.07, 6.45) is 2.68. The summed E-state index contributed by atoms with van der Waals surface area (Å²) in [5.41, 5.74) is 1.30. The number of carbonyl (C=O) groups excluding carboxylic acids is 1. The van der Waals surface area contributed by atoms with Gasteiger partial charge in [0.15, 0.2) is 0 Å². The fourth-order valence-electron chi connectivity index (χ4n) is 3.50. The van der Waals surface area contributed by atoms with Crippen LogP contribution in [0.2, 0.25) is 0 Å². The third-order valence-electron chi connectivity index (χ3n) is 4.80. The molecule has 24 heavy (non-hydrogen) atoms. The van der Waals surface area contributed by atoms with Gasteiger partial charge in [-0.1, -0.05) is 30.3 Å². The second-order valence-electron chi connectivity index (χ2n) is 6.83. The minimum absolute atomic E-state index is 0.0286. The predicted octanol–water partition coefficient (Wildman–Crippen LogP) is 1.96. The number of carbonyl (C=O) groups is 1. The average molecular weight is 332 g/mol. The molecule has 3 rings (SSSR count). The lowest BCUT2D eigenvalue weighted by molar-refractivity contribution is -0.127. The quantitative estimate of drug-likeness (QED) is 0.865. The lowest BCUT2D eigenvalue weighted by Crippen LogP contribution is -2.46.